The van der Waals surface area contributed by atoms with Crippen molar-refractivity contribution in [3.05, 3.63) is 63.2 Å². The lowest BCUT2D eigenvalue weighted by molar-refractivity contribution is -0.142. The van der Waals surface area contributed by atoms with Gasteiger partial charge in [0.2, 0.25) is 5.91 Å². The van der Waals surface area contributed by atoms with Crippen LogP contribution in [0.3, 0.4) is 0 Å². The van der Waals surface area contributed by atoms with Gasteiger partial charge < -0.3 is 15.0 Å². The summed E-state index contributed by atoms with van der Waals surface area (Å²) in [7, 11) is 0. The summed E-state index contributed by atoms with van der Waals surface area (Å²) in [6, 6.07) is 14.9. The van der Waals surface area contributed by atoms with Gasteiger partial charge in [0.1, 0.15) is 11.8 Å². The van der Waals surface area contributed by atoms with Crippen molar-refractivity contribution in [2.45, 2.75) is 52.7 Å². The first-order valence-corrected chi connectivity index (χ1v) is 10.9. The highest BCUT2D eigenvalue weighted by Gasteiger charge is 2.27. The molecule has 2 aromatic rings. The maximum atomic E-state index is 13.0. The molecule has 0 saturated carbocycles. The number of hydrogen-bond donors (Lipinski definition) is 1. The van der Waals surface area contributed by atoms with Crippen LogP contribution in [0.4, 0.5) is 0 Å². The van der Waals surface area contributed by atoms with Crippen molar-refractivity contribution in [3.63, 3.8) is 0 Å². The number of benzene rings is 2. The minimum absolute atomic E-state index is 0.0587. The van der Waals surface area contributed by atoms with Crippen molar-refractivity contribution in [1.29, 1.82) is 0 Å². The van der Waals surface area contributed by atoms with Gasteiger partial charge in [0.15, 0.2) is 6.61 Å². The Morgan fingerprint density at radius 1 is 1.10 bits per heavy atom. The fourth-order valence-corrected chi connectivity index (χ4v) is 3.14. The van der Waals surface area contributed by atoms with E-state index in [2.05, 4.69) is 27.9 Å². The molecule has 0 saturated heterocycles. The number of carbonyl (C=O) groups excluding carboxylic acids is 2. The van der Waals surface area contributed by atoms with E-state index < -0.39 is 6.04 Å². The summed E-state index contributed by atoms with van der Waals surface area (Å²) in [5.41, 5.74) is 2.09. The van der Waals surface area contributed by atoms with Crippen LogP contribution in [0.25, 0.3) is 0 Å². The average molecular weight is 508 g/mol. The highest BCUT2D eigenvalue weighted by molar-refractivity contribution is 14.1. The molecule has 1 N–H and O–H groups in total. The van der Waals surface area contributed by atoms with E-state index in [1.165, 1.54) is 0 Å². The lowest BCUT2D eigenvalue weighted by Crippen LogP contribution is -2.50. The fraction of sp³-hybridized carbons (Fsp3) is 0.391. The second-order valence-electron chi connectivity index (χ2n) is 7.18. The number of aryl methyl sites for hydroxylation is 1. The third-order valence-electron chi connectivity index (χ3n) is 4.95. The van der Waals surface area contributed by atoms with E-state index in [4.69, 9.17) is 4.74 Å². The van der Waals surface area contributed by atoms with Gasteiger partial charge in [0, 0.05) is 16.2 Å². The van der Waals surface area contributed by atoms with Gasteiger partial charge in [-0.05, 0) is 85.2 Å². The smallest absolute Gasteiger partial charge is 0.261 e. The molecule has 0 aromatic heterocycles. The van der Waals surface area contributed by atoms with Crippen molar-refractivity contribution in [1.82, 2.24) is 10.2 Å². The molecule has 6 heteroatoms. The maximum absolute atomic E-state index is 13.0. The van der Waals surface area contributed by atoms with Gasteiger partial charge in [-0.25, -0.2) is 0 Å². The molecule has 2 rings (SSSR count). The number of amides is 2. The number of nitrogens with zero attached hydrogens (tertiary/aromatic N) is 1. The molecule has 0 spiro atoms. The molecule has 0 fully saturated rings. The molecular formula is C23H29IN2O3. The summed E-state index contributed by atoms with van der Waals surface area (Å²) in [5, 5.41) is 2.97. The molecule has 0 unspecified atom stereocenters. The van der Waals surface area contributed by atoms with Crippen LogP contribution >= 0.6 is 22.6 Å². The molecule has 0 radical (unpaired) electrons. The van der Waals surface area contributed by atoms with Crippen LogP contribution in [0, 0.1) is 10.5 Å². The second kappa shape index (κ2) is 11.2. The summed E-state index contributed by atoms with van der Waals surface area (Å²) in [6.07, 6.45) is 0.833. The zero-order valence-electron chi connectivity index (χ0n) is 17.4. The van der Waals surface area contributed by atoms with Crippen molar-refractivity contribution in [2.75, 3.05) is 6.61 Å². The van der Waals surface area contributed by atoms with E-state index >= 15 is 0 Å². The second-order valence-corrected chi connectivity index (χ2v) is 8.43. The molecule has 0 bridgehead atoms. The average Bonchev–Trinajstić information content (AvgIpc) is 2.71. The maximum Gasteiger partial charge on any atom is 0.261 e. The first-order chi connectivity index (χ1) is 13.8. The molecule has 2 amide bonds. The largest absolute Gasteiger partial charge is 0.484 e. The third kappa shape index (κ3) is 7.03. The Hall–Kier alpha value is -2.09. The van der Waals surface area contributed by atoms with Crippen LogP contribution in [-0.4, -0.2) is 35.4 Å². The Morgan fingerprint density at radius 2 is 1.76 bits per heavy atom. The van der Waals surface area contributed by atoms with E-state index in [-0.39, 0.29) is 24.5 Å². The van der Waals surface area contributed by atoms with Gasteiger partial charge in [-0.15, -0.1) is 0 Å². The molecule has 2 aromatic carbocycles. The standard InChI is InChI=1S/C23H29IN2O3/c1-5-17(3)25-23(28)18(4)26(14-19-9-7-6-8-16(19)2)22(27)15-29-21-12-10-20(24)11-13-21/h6-13,17-18H,5,14-15H2,1-4H3,(H,25,28)/t17-,18-/m0/s1. The van der Waals surface area contributed by atoms with E-state index in [0.29, 0.717) is 12.3 Å². The van der Waals surface area contributed by atoms with Gasteiger partial charge in [-0.1, -0.05) is 31.2 Å². The van der Waals surface area contributed by atoms with Crippen molar-refractivity contribution >= 4 is 34.4 Å². The van der Waals surface area contributed by atoms with E-state index in [0.717, 1.165) is 21.1 Å². The third-order valence-corrected chi connectivity index (χ3v) is 5.67. The van der Waals surface area contributed by atoms with Gasteiger partial charge in [0.05, 0.1) is 0 Å². The van der Waals surface area contributed by atoms with E-state index in [9.17, 15) is 9.59 Å². The minimum Gasteiger partial charge on any atom is -0.484 e. The lowest BCUT2D eigenvalue weighted by Gasteiger charge is -2.30. The van der Waals surface area contributed by atoms with Gasteiger partial charge in [0.25, 0.3) is 5.91 Å². The quantitative estimate of drug-likeness (QED) is 0.514. The molecule has 5 nitrogen and oxygen atoms in total. The SMILES string of the molecule is CC[C@H](C)NC(=O)[C@H](C)N(Cc1ccccc1C)C(=O)COc1ccc(I)cc1. The lowest BCUT2D eigenvalue weighted by atomic mass is 10.1. The van der Waals surface area contributed by atoms with E-state index in [1.54, 1.807) is 11.8 Å². The molecule has 0 aliphatic heterocycles. The molecule has 29 heavy (non-hydrogen) atoms. The van der Waals surface area contributed by atoms with Crippen molar-refractivity contribution in [2.24, 2.45) is 0 Å². The van der Waals surface area contributed by atoms with Gasteiger partial charge >= 0.3 is 0 Å². The van der Waals surface area contributed by atoms with Crippen LogP contribution in [0.1, 0.15) is 38.3 Å². The number of ether oxygens (including phenoxy) is 1. The van der Waals surface area contributed by atoms with Crippen LogP contribution in [-0.2, 0) is 16.1 Å². The van der Waals surface area contributed by atoms with Crippen LogP contribution in [0.5, 0.6) is 5.75 Å². The Morgan fingerprint density at radius 3 is 2.38 bits per heavy atom. The topological polar surface area (TPSA) is 58.6 Å². The normalized spacial score (nSPS) is 12.7. The Bertz CT molecular complexity index is 823. The van der Waals surface area contributed by atoms with Crippen molar-refractivity contribution < 1.29 is 14.3 Å². The molecule has 0 aliphatic rings. The van der Waals surface area contributed by atoms with Crippen LogP contribution < -0.4 is 10.1 Å². The monoisotopic (exact) mass is 508 g/mol. The summed E-state index contributed by atoms with van der Waals surface area (Å²) in [6.45, 7) is 7.98. The Labute approximate surface area is 187 Å². The van der Waals surface area contributed by atoms with E-state index in [1.807, 2.05) is 69.3 Å². The van der Waals surface area contributed by atoms with Crippen molar-refractivity contribution in [3.8, 4) is 5.75 Å². The molecule has 0 aliphatic carbocycles. The summed E-state index contributed by atoms with van der Waals surface area (Å²) in [5.74, 6) is 0.250. The zero-order valence-corrected chi connectivity index (χ0v) is 19.6. The van der Waals surface area contributed by atoms with Crippen LogP contribution in [0.15, 0.2) is 48.5 Å². The number of halogens is 1. The summed E-state index contributed by atoms with van der Waals surface area (Å²) in [4.78, 5) is 27.3. The first kappa shape index (κ1) is 23.2. The highest BCUT2D eigenvalue weighted by atomic mass is 127. The van der Waals surface area contributed by atoms with Crippen LogP contribution in [0.2, 0.25) is 0 Å². The molecule has 156 valence electrons. The number of rotatable bonds is 9. The fourth-order valence-electron chi connectivity index (χ4n) is 2.78. The van der Waals surface area contributed by atoms with Gasteiger partial charge in [-0.2, -0.15) is 0 Å². The Balaban J connectivity index is 2.15. The number of nitrogens with one attached hydrogen (secondary N) is 1. The van der Waals surface area contributed by atoms with Gasteiger partial charge in [-0.3, -0.25) is 9.59 Å². The summed E-state index contributed by atoms with van der Waals surface area (Å²) < 4.78 is 6.77. The molecule has 2 atom stereocenters. The first-order valence-electron chi connectivity index (χ1n) is 9.84. The highest BCUT2D eigenvalue weighted by Crippen LogP contribution is 2.16. The predicted octanol–water partition coefficient (Wildman–Crippen LogP) is 4.31. The zero-order chi connectivity index (χ0) is 21.4. The molecule has 0 heterocycles. The minimum atomic E-state index is -0.601. The number of hydrogen-bond acceptors (Lipinski definition) is 3. The Kier molecular flexibility index (Phi) is 8.95. The summed E-state index contributed by atoms with van der Waals surface area (Å²) >= 11 is 2.22. The predicted molar refractivity (Wildman–Crippen MR) is 124 cm³/mol. The number of carbonyl (C=O) groups is 2. The molecular weight excluding hydrogens is 479 g/mol.